The van der Waals surface area contributed by atoms with Crippen molar-refractivity contribution in [3.8, 4) is 6.07 Å². The molecule has 0 saturated carbocycles. The van der Waals surface area contributed by atoms with E-state index in [9.17, 15) is 10.1 Å². The Morgan fingerprint density at radius 2 is 1.93 bits per heavy atom. The predicted octanol–water partition coefficient (Wildman–Crippen LogP) is 5.53. The summed E-state index contributed by atoms with van der Waals surface area (Å²) in [5.41, 5.74) is 7.21. The number of hydrogen-bond donors (Lipinski definition) is 0. The molecule has 0 saturated heterocycles. The second-order valence-corrected chi connectivity index (χ2v) is 8.80. The number of fused-ring (bicyclic) bond motifs is 3. The summed E-state index contributed by atoms with van der Waals surface area (Å²) in [4.78, 5) is 17.8. The highest BCUT2D eigenvalue weighted by Crippen LogP contribution is 2.33. The third kappa shape index (κ3) is 3.47. The van der Waals surface area contributed by atoms with Crippen LogP contribution in [0.25, 0.3) is 10.9 Å². The molecule has 2 aromatic heterocycles. The minimum absolute atomic E-state index is 0.135. The first-order valence-corrected chi connectivity index (χ1v) is 11.2. The molecule has 3 aromatic rings. The number of carbonyl (C=O) groups is 1. The van der Waals surface area contributed by atoms with Crippen molar-refractivity contribution in [1.82, 2.24) is 9.55 Å². The van der Waals surface area contributed by atoms with Crippen LogP contribution in [0.15, 0.2) is 29.3 Å². The van der Waals surface area contributed by atoms with E-state index in [0.717, 1.165) is 46.6 Å². The Bertz CT molecular complexity index is 1150. The summed E-state index contributed by atoms with van der Waals surface area (Å²) in [5.74, 6) is 0.750. The number of thioether (sulfide) groups is 1. The minimum atomic E-state index is 0.135. The van der Waals surface area contributed by atoms with Gasteiger partial charge in [-0.05, 0) is 69.2 Å². The SMILES string of the molecule is Cc1nc(SCCC(=O)n2c3c(c4ccccc42)CCCC3)c(C#N)c(C)c1C. The van der Waals surface area contributed by atoms with E-state index in [0.29, 0.717) is 17.7 Å². The Balaban J connectivity index is 1.57. The fraction of sp³-hybridized carbons (Fsp3) is 0.375. The standard InChI is InChI=1S/C24H25N3OS/c1-15-16(2)20(14-25)24(26-17(15)3)29-13-12-23(28)27-21-10-6-4-8-18(21)19-9-5-7-11-22(19)27/h4,6,8,10H,5,7,9,11-13H2,1-3H3. The van der Waals surface area contributed by atoms with Crippen molar-refractivity contribution in [2.24, 2.45) is 0 Å². The van der Waals surface area contributed by atoms with Crippen molar-refractivity contribution in [3.05, 3.63) is 57.9 Å². The normalized spacial score (nSPS) is 13.3. The largest absolute Gasteiger partial charge is 0.284 e. The molecule has 1 aliphatic carbocycles. The van der Waals surface area contributed by atoms with Crippen LogP contribution in [-0.2, 0) is 12.8 Å². The maximum Gasteiger partial charge on any atom is 0.232 e. The van der Waals surface area contributed by atoms with Crippen LogP contribution >= 0.6 is 11.8 Å². The molecule has 0 unspecified atom stereocenters. The summed E-state index contributed by atoms with van der Waals surface area (Å²) >= 11 is 1.51. The molecule has 5 heteroatoms. The molecule has 0 spiro atoms. The molecule has 0 amide bonds. The topological polar surface area (TPSA) is 58.7 Å². The maximum absolute atomic E-state index is 13.2. The highest BCUT2D eigenvalue weighted by molar-refractivity contribution is 7.99. The summed E-state index contributed by atoms with van der Waals surface area (Å²) in [6, 6.07) is 10.5. The van der Waals surface area contributed by atoms with Gasteiger partial charge in [-0.2, -0.15) is 5.26 Å². The second-order valence-electron chi connectivity index (χ2n) is 7.72. The van der Waals surface area contributed by atoms with E-state index in [4.69, 9.17) is 0 Å². The van der Waals surface area contributed by atoms with Crippen molar-refractivity contribution >= 4 is 28.6 Å². The molecule has 1 aliphatic rings. The van der Waals surface area contributed by atoms with Gasteiger partial charge >= 0.3 is 0 Å². The molecule has 2 heterocycles. The monoisotopic (exact) mass is 403 g/mol. The predicted molar refractivity (Wildman–Crippen MR) is 118 cm³/mol. The number of benzene rings is 1. The molecule has 0 fully saturated rings. The number of para-hydroxylation sites is 1. The van der Waals surface area contributed by atoms with Crippen LogP contribution in [0.4, 0.5) is 0 Å². The molecule has 0 aliphatic heterocycles. The summed E-state index contributed by atoms with van der Waals surface area (Å²) in [5, 5.41) is 11.5. The number of carbonyl (C=O) groups excluding carboxylic acids is 1. The van der Waals surface area contributed by atoms with Gasteiger partial charge in [-0.25, -0.2) is 4.98 Å². The number of nitrogens with zero attached hydrogens (tertiary/aromatic N) is 3. The first-order valence-electron chi connectivity index (χ1n) is 10.2. The van der Waals surface area contributed by atoms with Crippen molar-refractivity contribution in [2.75, 3.05) is 5.75 Å². The van der Waals surface area contributed by atoms with Crippen LogP contribution in [-0.4, -0.2) is 21.2 Å². The van der Waals surface area contributed by atoms with Crippen LogP contribution < -0.4 is 0 Å². The van der Waals surface area contributed by atoms with Crippen molar-refractivity contribution in [2.45, 2.75) is 57.9 Å². The molecule has 0 radical (unpaired) electrons. The van der Waals surface area contributed by atoms with Gasteiger partial charge in [-0.15, -0.1) is 11.8 Å². The molecule has 4 rings (SSSR count). The van der Waals surface area contributed by atoms with Gasteiger partial charge in [0.15, 0.2) is 0 Å². The summed E-state index contributed by atoms with van der Waals surface area (Å²) in [6.45, 7) is 5.93. The molecule has 1 aromatic carbocycles. The highest BCUT2D eigenvalue weighted by Gasteiger charge is 2.23. The first-order chi connectivity index (χ1) is 14.0. The van der Waals surface area contributed by atoms with Gasteiger partial charge in [0.25, 0.3) is 0 Å². The fourth-order valence-electron chi connectivity index (χ4n) is 4.27. The first kappa shape index (κ1) is 19.7. The lowest BCUT2D eigenvalue weighted by Crippen LogP contribution is -2.16. The zero-order valence-electron chi connectivity index (χ0n) is 17.2. The van der Waals surface area contributed by atoms with Crippen LogP contribution in [0, 0.1) is 32.1 Å². The van der Waals surface area contributed by atoms with E-state index in [2.05, 4.69) is 29.3 Å². The molecule has 148 valence electrons. The Kier molecular flexibility index (Phi) is 5.47. The fourth-order valence-corrected chi connectivity index (χ4v) is 5.29. The second kappa shape index (κ2) is 8.04. The molecule has 0 bridgehead atoms. The third-order valence-corrected chi connectivity index (χ3v) is 7.04. The van der Waals surface area contributed by atoms with Crippen LogP contribution in [0.3, 0.4) is 0 Å². The van der Waals surface area contributed by atoms with E-state index in [1.807, 2.05) is 31.4 Å². The Labute approximate surface area is 175 Å². The van der Waals surface area contributed by atoms with Gasteiger partial charge in [-0.1, -0.05) is 18.2 Å². The maximum atomic E-state index is 13.2. The Morgan fingerprint density at radius 1 is 1.17 bits per heavy atom. The van der Waals surface area contributed by atoms with E-state index < -0.39 is 0 Å². The van der Waals surface area contributed by atoms with Crippen molar-refractivity contribution in [1.29, 1.82) is 5.26 Å². The lowest BCUT2D eigenvalue weighted by molar-refractivity contribution is 0.0912. The van der Waals surface area contributed by atoms with E-state index in [1.54, 1.807) is 0 Å². The van der Waals surface area contributed by atoms with Crippen LogP contribution in [0.5, 0.6) is 0 Å². The lowest BCUT2D eigenvalue weighted by Gasteiger charge is -2.15. The van der Waals surface area contributed by atoms with Crippen molar-refractivity contribution in [3.63, 3.8) is 0 Å². The quantitative estimate of drug-likeness (QED) is 0.537. The van der Waals surface area contributed by atoms with Gasteiger partial charge in [0.2, 0.25) is 5.91 Å². The smallest absolute Gasteiger partial charge is 0.232 e. The van der Waals surface area contributed by atoms with Gasteiger partial charge in [0.05, 0.1) is 11.1 Å². The summed E-state index contributed by atoms with van der Waals surface area (Å²) in [7, 11) is 0. The molecule has 29 heavy (non-hydrogen) atoms. The highest BCUT2D eigenvalue weighted by atomic mass is 32.2. The molecule has 0 N–H and O–H groups in total. The zero-order valence-corrected chi connectivity index (χ0v) is 18.0. The minimum Gasteiger partial charge on any atom is -0.284 e. The summed E-state index contributed by atoms with van der Waals surface area (Å²) in [6.07, 6.45) is 4.79. The number of nitriles is 1. The number of hydrogen-bond acceptors (Lipinski definition) is 4. The number of rotatable bonds is 4. The molecule has 4 nitrogen and oxygen atoms in total. The van der Waals surface area contributed by atoms with Gasteiger partial charge < -0.3 is 0 Å². The molecular formula is C24H25N3OS. The number of aryl methyl sites for hydroxylation is 2. The van der Waals surface area contributed by atoms with Gasteiger partial charge in [-0.3, -0.25) is 9.36 Å². The van der Waals surface area contributed by atoms with Gasteiger partial charge in [0, 0.05) is 28.9 Å². The van der Waals surface area contributed by atoms with E-state index in [1.165, 1.54) is 34.8 Å². The van der Waals surface area contributed by atoms with Gasteiger partial charge in [0.1, 0.15) is 11.1 Å². The summed E-state index contributed by atoms with van der Waals surface area (Å²) < 4.78 is 1.95. The van der Waals surface area contributed by atoms with E-state index >= 15 is 0 Å². The van der Waals surface area contributed by atoms with Crippen molar-refractivity contribution < 1.29 is 4.79 Å². The zero-order chi connectivity index (χ0) is 20.5. The Hall–Kier alpha value is -2.58. The molecular weight excluding hydrogens is 378 g/mol. The van der Waals surface area contributed by atoms with Crippen LogP contribution in [0.1, 0.15) is 57.7 Å². The molecule has 0 atom stereocenters. The number of pyridine rings is 1. The van der Waals surface area contributed by atoms with E-state index in [-0.39, 0.29) is 5.91 Å². The lowest BCUT2D eigenvalue weighted by atomic mass is 9.95. The Morgan fingerprint density at radius 3 is 2.72 bits per heavy atom. The third-order valence-electron chi connectivity index (χ3n) is 6.06. The average molecular weight is 404 g/mol. The average Bonchev–Trinajstić information content (AvgIpc) is 3.07. The van der Waals surface area contributed by atoms with Crippen LogP contribution in [0.2, 0.25) is 0 Å². The number of aromatic nitrogens is 2.